The van der Waals surface area contributed by atoms with Gasteiger partial charge in [0.15, 0.2) is 9.84 Å². The molecule has 1 fully saturated rings. The van der Waals surface area contributed by atoms with Crippen molar-refractivity contribution in [1.82, 2.24) is 4.90 Å². The van der Waals surface area contributed by atoms with Crippen molar-refractivity contribution in [3.63, 3.8) is 0 Å². The molecule has 0 unspecified atom stereocenters. The third kappa shape index (κ3) is 4.58. The van der Waals surface area contributed by atoms with E-state index in [0.717, 1.165) is 24.0 Å². The van der Waals surface area contributed by atoms with Crippen LogP contribution in [-0.2, 0) is 16.0 Å². The van der Waals surface area contributed by atoms with Crippen molar-refractivity contribution < 1.29 is 26.0 Å². The number of rotatable bonds is 3. The summed E-state index contributed by atoms with van der Waals surface area (Å²) >= 11 is 0. The fourth-order valence-electron chi connectivity index (χ4n) is 3.37. The van der Waals surface area contributed by atoms with Crippen LogP contribution in [0.2, 0.25) is 0 Å². The number of alkyl halides is 3. The summed E-state index contributed by atoms with van der Waals surface area (Å²) in [6, 6.07) is 7.07. The molecular weight excluding hydrogens is 422 g/mol. The van der Waals surface area contributed by atoms with Crippen molar-refractivity contribution >= 4 is 21.4 Å². The van der Waals surface area contributed by atoms with Gasteiger partial charge in [0.25, 0.3) is 0 Å². The second-order valence-electron chi connectivity index (χ2n) is 7.24. The summed E-state index contributed by atoms with van der Waals surface area (Å²) in [6.07, 6.45) is -3.51. The molecular formula is C20H21F4N3O2S. The predicted octanol–water partition coefficient (Wildman–Crippen LogP) is 3.70. The van der Waals surface area contributed by atoms with E-state index in [0.29, 0.717) is 37.8 Å². The number of piperazine rings is 1. The van der Waals surface area contributed by atoms with E-state index in [2.05, 4.69) is 0 Å². The van der Waals surface area contributed by atoms with Crippen molar-refractivity contribution in [3.8, 4) is 0 Å². The molecule has 30 heavy (non-hydrogen) atoms. The standard InChI is InChI=1S/C20H21F4N3O2S/c1-13-3-5-15(30(2,28)29)12-16(13)19(25)27-9-7-26(8-10-27)18-6-4-14(11-17(18)21)20(22,23)24/h3-6,11-12,25H,7-10H2,1-2H3. The van der Waals surface area contributed by atoms with Gasteiger partial charge in [-0.25, -0.2) is 12.8 Å². The van der Waals surface area contributed by atoms with E-state index in [-0.39, 0.29) is 16.4 Å². The maximum absolute atomic E-state index is 14.2. The van der Waals surface area contributed by atoms with Gasteiger partial charge in [-0.05, 0) is 42.8 Å². The molecule has 0 aromatic heterocycles. The number of amidine groups is 1. The van der Waals surface area contributed by atoms with Crippen LogP contribution in [0.15, 0.2) is 41.3 Å². The molecule has 1 heterocycles. The van der Waals surface area contributed by atoms with Crippen LogP contribution in [0.5, 0.6) is 0 Å². The summed E-state index contributed by atoms with van der Waals surface area (Å²) in [6.45, 7) is 3.11. The zero-order chi connectivity index (χ0) is 22.3. The average Bonchev–Trinajstić information content (AvgIpc) is 2.66. The first-order valence-electron chi connectivity index (χ1n) is 9.14. The molecule has 1 N–H and O–H groups in total. The number of halogens is 4. The summed E-state index contributed by atoms with van der Waals surface area (Å²) in [5.41, 5.74) is 0.297. The van der Waals surface area contributed by atoms with Crippen LogP contribution in [0.3, 0.4) is 0 Å². The topological polar surface area (TPSA) is 64.5 Å². The molecule has 0 spiro atoms. The maximum Gasteiger partial charge on any atom is 0.416 e. The van der Waals surface area contributed by atoms with Gasteiger partial charge in [-0.15, -0.1) is 0 Å². The highest BCUT2D eigenvalue weighted by Crippen LogP contribution is 2.32. The first-order chi connectivity index (χ1) is 13.9. The highest BCUT2D eigenvalue weighted by Gasteiger charge is 2.32. The van der Waals surface area contributed by atoms with E-state index >= 15 is 0 Å². The second kappa shape index (κ2) is 7.90. The van der Waals surface area contributed by atoms with Crippen LogP contribution in [0.4, 0.5) is 23.2 Å². The quantitative estimate of drug-likeness (QED) is 0.446. The monoisotopic (exact) mass is 443 g/mol. The van der Waals surface area contributed by atoms with E-state index in [9.17, 15) is 26.0 Å². The number of nitrogens with zero attached hydrogens (tertiary/aromatic N) is 2. The lowest BCUT2D eigenvalue weighted by Crippen LogP contribution is -2.49. The molecule has 0 amide bonds. The normalized spacial score (nSPS) is 15.4. The molecule has 0 radical (unpaired) electrons. The first kappa shape index (κ1) is 22.1. The van der Waals surface area contributed by atoms with Gasteiger partial charge in [-0.2, -0.15) is 13.2 Å². The maximum atomic E-state index is 14.2. The van der Waals surface area contributed by atoms with Crippen molar-refractivity contribution in [3.05, 3.63) is 58.9 Å². The van der Waals surface area contributed by atoms with Gasteiger partial charge in [0.05, 0.1) is 16.1 Å². The van der Waals surface area contributed by atoms with Crippen molar-refractivity contribution in [2.24, 2.45) is 0 Å². The molecule has 1 aliphatic rings. The Morgan fingerprint density at radius 3 is 2.20 bits per heavy atom. The molecule has 0 saturated carbocycles. The molecule has 1 aliphatic heterocycles. The number of benzene rings is 2. The summed E-state index contributed by atoms with van der Waals surface area (Å²) in [7, 11) is -3.42. The smallest absolute Gasteiger partial charge is 0.366 e. The Hall–Kier alpha value is -2.62. The van der Waals surface area contributed by atoms with E-state index in [1.165, 1.54) is 12.1 Å². The highest BCUT2D eigenvalue weighted by molar-refractivity contribution is 7.90. The Morgan fingerprint density at radius 1 is 1.03 bits per heavy atom. The van der Waals surface area contributed by atoms with Gasteiger partial charge in [0.2, 0.25) is 0 Å². The van der Waals surface area contributed by atoms with Crippen LogP contribution in [0.25, 0.3) is 0 Å². The minimum absolute atomic E-state index is 0.0874. The Morgan fingerprint density at radius 2 is 1.67 bits per heavy atom. The second-order valence-corrected chi connectivity index (χ2v) is 9.25. The van der Waals surface area contributed by atoms with Crippen LogP contribution < -0.4 is 4.90 Å². The third-order valence-electron chi connectivity index (χ3n) is 5.10. The van der Waals surface area contributed by atoms with Gasteiger partial charge < -0.3 is 9.80 Å². The van der Waals surface area contributed by atoms with Gasteiger partial charge in [0.1, 0.15) is 11.7 Å². The van der Waals surface area contributed by atoms with Crippen LogP contribution in [0.1, 0.15) is 16.7 Å². The zero-order valence-corrected chi connectivity index (χ0v) is 17.2. The SMILES string of the molecule is Cc1ccc(S(C)(=O)=O)cc1C(=N)N1CCN(c2ccc(C(F)(F)F)cc2F)CC1. The van der Waals surface area contributed by atoms with E-state index < -0.39 is 27.4 Å². The zero-order valence-electron chi connectivity index (χ0n) is 16.4. The van der Waals surface area contributed by atoms with Crippen LogP contribution >= 0.6 is 0 Å². The summed E-state index contributed by atoms with van der Waals surface area (Å²) in [5.74, 6) is -0.782. The van der Waals surface area contributed by atoms with Crippen LogP contribution in [-0.4, -0.2) is 51.6 Å². The van der Waals surface area contributed by atoms with Crippen LogP contribution in [0, 0.1) is 18.2 Å². The Kier molecular flexibility index (Phi) is 5.81. The molecule has 1 saturated heterocycles. The van der Waals surface area contributed by atoms with Crippen molar-refractivity contribution in [1.29, 1.82) is 5.41 Å². The minimum Gasteiger partial charge on any atom is -0.366 e. The average molecular weight is 443 g/mol. The largest absolute Gasteiger partial charge is 0.416 e. The first-order valence-corrected chi connectivity index (χ1v) is 11.0. The molecule has 2 aromatic rings. The van der Waals surface area contributed by atoms with E-state index in [1.807, 2.05) is 0 Å². The molecule has 162 valence electrons. The molecule has 5 nitrogen and oxygen atoms in total. The van der Waals surface area contributed by atoms with Gasteiger partial charge >= 0.3 is 6.18 Å². The fourth-order valence-corrected chi connectivity index (χ4v) is 4.02. The highest BCUT2D eigenvalue weighted by atomic mass is 32.2. The van der Waals surface area contributed by atoms with Gasteiger partial charge in [-0.1, -0.05) is 6.07 Å². The lowest BCUT2D eigenvalue weighted by molar-refractivity contribution is -0.137. The summed E-state index contributed by atoms with van der Waals surface area (Å²) in [4.78, 5) is 3.50. The van der Waals surface area contributed by atoms with Crippen molar-refractivity contribution in [2.45, 2.75) is 18.0 Å². The summed E-state index contributed by atoms with van der Waals surface area (Å²) in [5, 5.41) is 8.49. The number of aryl methyl sites for hydroxylation is 1. The number of nitrogens with one attached hydrogen (secondary N) is 1. The van der Waals surface area contributed by atoms with E-state index in [4.69, 9.17) is 5.41 Å². The lowest BCUT2D eigenvalue weighted by Gasteiger charge is -2.37. The number of anilines is 1. The predicted molar refractivity (Wildman–Crippen MR) is 106 cm³/mol. The Labute approximate surface area is 172 Å². The molecule has 2 aromatic carbocycles. The lowest BCUT2D eigenvalue weighted by atomic mass is 10.1. The Balaban J connectivity index is 1.74. The van der Waals surface area contributed by atoms with Crippen molar-refractivity contribution in [2.75, 3.05) is 37.3 Å². The summed E-state index contributed by atoms with van der Waals surface area (Å²) < 4.78 is 76.1. The molecule has 0 bridgehead atoms. The van der Waals surface area contributed by atoms with Gasteiger partial charge in [-0.3, -0.25) is 5.41 Å². The van der Waals surface area contributed by atoms with E-state index in [1.54, 1.807) is 22.8 Å². The Bertz CT molecular complexity index is 1080. The molecule has 3 rings (SSSR count). The molecule has 10 heteroatoms. The molecule has 0 aliphatic carbocycles. The number of hydrogen-bond acceptors (Lipinski definition) is 4. The third-order valence-corrected chi connectivity index (χ3v) is 6.21. The molecule has 0 atom stereocenters. The van der Waals surface area contributed by atoms with Gasteiger partial charge in [0, 0.05) is 38.0 Å². The fraction of sp³-hybridized carbons (Fsp3) is 0.350. The number of sulfone groups is 1. The minimum atomic E-state index is -4.61. The number of hydrogen-bond donors (Lipinski definition) is 1.